The van der Waals surface area contributed by atoms with Gasteiger partial charge in [0.2, 0.25) is 0 Å². The number of carbonyl (C=O) groups is 1. The molecule has 0 unspecified atom stereocenters. The van der Waals surface area contributed by atoms with Gasteiger partial charge in [0, 0.05) is 47.4 Å². The Labute approximate surface area is 183 Å². The molecule has 160 valence electrons. The molecular formula is C24H31ClN4O. The van der Waals surface area contributed by atoms with Crippen LogP contribution in [0.15, 0.2) is 24.3 Å². The Balaban J connectivity index is 1.16. The molecule has 5 nitrogen and oxygen atoms in total. The van der Waals surface area contributed by atoms with Gasteiger partial charge in [0.15, 0.2) is 5.69 Å². The van der Waals surface area contributed by atoms with E-state index in [1.54, 1.807) is 0 Å². The highest BCUT2D eigenvalue weighted by molar-refractivity contribution is 6.30. The van der Waals surface area contributed by atoms with Crippen LogP contribution in [0.1, 0.15) is 72.3 Å². The topological polar surface area (TPSA) is 61.0 Å². The Kier molecular flexibility index (Phi) is 5.59. The molecule has 1 saturated carbocycles. The molecule has 0 spiro atoms. The van der Waals surface area contributed by atoms with Crippen molar-refractivity contribution >= 4 is 17.5 Å². The lowest BCUT2D eigenvalue weighted by molar-refractivity contribution is 0.0864. The number of carbonyl (C=O) groups excluding carboxylic acids is 1. The van der Waals surface area contributed by atoms with Gasteiger partial charge >= 0.3 is 0 Å². The first-order valence-corrected chi connectivity index (χ1v) is 11.9. The van der Waals surface area contributed by atoms with E-state index < -0.39 is 0 Å². The van der Waals surface area contributed by atoms with Crippen LogP contribution in [0.5, 0.6) is 0 Å². The smallest absolute Gasteiger partial charge is 0.272 e. The van der Waals surface area contributed by atoms with Gasteiger partial charge in [-0.15, -0.1) is 0 Å². The van der Waals surface area contributed by atoms with Crippen molar-refractivity contribution in [1.82, 2.24) is 20.4 Å². The molecule has 1 saturated heterocycles. The van der Waals surface area contributed by atoms with Crippen LogP contribution in [0.2, 0.25) is 5.02 Å². The molecular weight excluding hydrogens is 396 g/mol. The first kappa shape index (κ1) is 20.1. The first-order chi connectivity index (χ1) is 14.6. The van der Waals surface area contributed by atoms with E-state index in [0.717, 1.165) is 68.0 Å². The second kappa shape index (κ2) is 8.35. The first-order valence-electron chi connectivity index (χ1n) is 11.5. The number of nitrogens with one attached hydrogen (secondary N) is 2. The molecule has 6 heteroatoms. The third-order valence-corrected chi connectivity index (χ3v) is 7.74. The lowest BCUT2D eigenvalue weighted by atomic mass is 9.64. The number of amides is 1. The monoisotopic (exact) mass is 426 g/mol. The standard InChI is InChI=1S/C24H31ClN4O/c25-18-8-6-17(7-9-18)24(12-3-13-24)16-29-14-10-19(11-15-29)26-23(30)22-20-4-1-2-5-21(20)27-28-22/h6-9,19H,1-5,10-16H2,(H,26,30)(H,27,28). The largest absolute Gasteiger partial charge is 0.348 e. The molecule has 2 heterocycles. The molecule has 30 heavy (non-hydrogen) atoms. The number of aromatic amines is 1. The number of aromatic nitrogens is 2. The summed E-state index contributed by atoms with van der Waals surface area (Å²) >= 11 is 6.10. The third kappa shape index (κ3) is 3.90. The quantitative estimate of drug-likeness (QED) is 0.750. The molecule has 0 atom stereocenters. The number of benzene rings is 1. The van der Waals surface area contributed by atoms with Crippen molar-refractivity contribution in [2.75, 3.05) is 19.6 Å². The van der Waals surface area contributed by atoms with Gasteiger partial charge in [0.1, 0.15) is 0 Å². The Morgan fingerprint density at radius 3 is 2.57 bits per heavy atom. The Morgan fingerprint density at radius 1 is 1.13 bits per heavy atom. The molecule has 2 aromatic rings. The lowest BCUT2D eigenvalue weighted by Crippen LogP contribution is -2.51. The molecule has 5 rings (SSSR count). The van der Waals surface area contributed by atoms with E-state index in [9.17, 15) is 4.79 Å². The van der Waals surface area contributed by atoms with E-state index >= 15 is 0 Å². The summed E-state index contributed by atoms with van der Waals surface area (Å²) in [6, 6.07) is 8.70. The van der Waals surface area contributed by atoms with Crippen molar-refractivity contribution in [2.24, 2.45) is 0 Å². The maximum Gasteiger partial charge on any atom is 0.272 e. The Morgan fingerprint density at radius 2 is 1.87 bits per heavy atom. The maximum absolute atomic E-state index is 12.8. The van der Waals surface area contributed by atoms with Crippen LogP contribution in [0, 0.1) is 0 Å². The molecule has 1 amide bonds. The van der Waals surface area contributed by atoms with E-state index in [4.69, 9.17) is 11.6 Å². The van der Waals surface area contributed by atoms with Crippen LogP contribution in [-0.4, -0.2) is 46.7 Å². The zero-order chi connectivity index (χ0) is 20.6. The summed E-state index contributed by atoms with van der Waals surface area (Å²) in [5, 5.41) is 11.5. The summed E-state index contributed by atoms with van der Waals surface area (Å²) in [6.07, 6.45) is 10.2. The summed E-state index contributed by atoms with van der Waals surface area (Å²) in [5.74, 6) is 0.00415. The van der Waals surface area contributed by atoms with Crippen LogP contribution < -0.4 is 5.32 Å². The minimum absolute atomic E-state index is 0.00415. The van der Waals surface area contributed by atoms with Crippen LogP contribution in [-0.2, 0) is 18.3 Å². The normalized spacial score (nSPS) is 21.6. The van der Waals surface area contributed by atoms with Gasteiger partial charge < -0.3 is 10.2 Å². The zero-order valence-corrected chi connectivity index (χ0v) is 18.3. The van der Waals surface area contributed by atoms with Gasteiger partial charge in [-0.25, -0.2) is 0 Å². The van der Waals surface area contributed by atoms with Gasteiger partial charge in [-0.3, -0.25) is 9.89 Å². The van der Waals surface area contributed by atoms with E-state index in [1.807, 2.05) is 12.1 Å². The third-order valence-electron chi connectivity index (χ3n) is 7.49. The van der Waals surface area contributed by atoms with Crippen LogP contribution in [0.3, 0.4) is 0 Å². The van der Waals surface area contributed by atoms with Crippen LogP contribution in [0.4, 0.5) is 0 Å². The van der Waals surface area contributed by atoms with E-state index in [2.05, 4.69) is 32.5 Å². The summed E-state index contributed by atoms with van der Waals surface area (Å²) in [5.41, 5.74) is 4.65. The number of piperidine rings is 1. The predicted octanol–water partition coefficient (Wildman–Crippen LogP) is 4.26. The van der Waals surface area contributed by atoms with Crippen molar-refractivity contribution in [2.45, 2.75) is 69.2 Å². The molecule has 1 aromatic heterocycles. The maximum atomic E-state index is 12.8. The average Bonchev–Trinajstić information content (AvgIpc) is 3.17. The van der Waals surface area contributed by atoms with Gasteiger partial charge in [-0.1, -0.05) is 30.2 Å². The van der Waals surface area contributed by atoms with Gasteiger partial charge in [0.25, 0.3) is 5.91 Å². The van der Waals surface area contributed by atoms with Crippen molar-refractivity contribution in [1.29, 1.82) is 0 Å². The van der Waals surface area contributed by atoms with E-state index in [-0.39, 0.29) is 17.4 Å². The summed E-state index contributed by atoms with van der Waals surface area (Å²) < 4.78 is 0. The SMILES string of the molecule is O=C(NC1CCN(CC2(c3ccc(Cl)cc3)CCC2)CC1)c1n[nH]c2c1CCCC2. The number of hydrogen-bond donors (Lipinski definition) is 2. The highest BCUT2D eigenvalue weighted by Gasteiger charge is 2.40. The van der Waals surface area contributed by atoms with Gasteiger partial charge in [-0.2, -0.15) is 5.10 Å². The van der Waals surface area contributed by atoms with Crippen molar-refractivity contribution in [3.8, 4) is 0 Å². The lowest BCUT2D eigenvalue weighted by Gasteiger charge is -2.47. The molecule has 1 aromatic carbocycles. The molecule has 0 bridgehead atoms. The number of halogens is 1. The fourth-order valence-corrected chi connectivity index (χ4v) is 5.66. The average molecular weight is 427 g/mol. The summed E-state index contributed by atoms with van der Waals surface area (Å²) in [4.78, 5) is 15.4. The number of aryl methyl sites for hydroxylation is 1. The Hall–Kier alpha value is -1.85. The van der Waals surface area contributed by atoms with Crippen molar-refractivity contribution < 1.29 is 4.79 Å². The van der Waals surface area contributed by atoms with Crippen molar-refractivity contribution in [3.05, 3.63) is 51.8 Å². The zero-order valence-electron chi connectivity index (χ0n) is 17.6. The van der Waals surface area contributed by atoms with Gasteiger partial charge in [0.05, 0.1) is 0 Å². The number of fused-ring (bicyclic) bond motifs is 1. The molecule has 2 fully saturated rings. The van der Waals surface area contributed by atoms with Crippen LogP contribution >= 0.6 is 11.6 Å². The number of H-pyrrole nitrogens is 1. The summed E-state index contributed by atoms with van der Waals surface area (Å²) in [7, 11) is 0. The number of hydrogen-bond acceptors (Lipinski definition) is 3. The fourth-order valence-electron chi connectivity index (χ4n) is 5.53. The minimum Gasteiger partial charge on any atom is -0.348 e. The fraction of sp³-hybridized carbons (Fsp3) is 0.583. The second-order valence-electron chi connectivity index (χ2n) is 9.40. The molecule has 0 radical (unpaired) electrons. The summed E-state index contributed by atoms with van der Waals surface area (Å²) in [6.45, 7) is 3.19. The number of likely N-dealkylation sites (tertiary alicyclic amines) is 1. The number of rotatable bonds is 5. The van der Waals surface area contributed by atoms with Crippen molar-refractivity contribution in [3.63, 3.8) is 0 Å². The molecule has 2 N–H and O–H groups in total. The second-order valence-corrected chi connectivity index (χ2v) is 9.84. The van der Waals surface area contributed by atoms with Gasteiger partial charge in [-0.05, 0) is 69.1 Å². The predicted molar refractivity (Wildman–Crippen MR) is 119 cm³/mol. The highest BCUT2D eigenvalue weighted by atomic mass is 35.5. The highest BCUT2D eigenvalue weighted by Crippen LogP contribution is 2.45. The van der Waals surface area contributed by atoms with E-state index in [1.165, 1.54) is 31.2 Å². The molecule has 1 aliphatic heterocycles. The minimum atomic E-state index is 0.00415. The molecule has 3 aliphatic rings. The Bertz CT molecular complexity index is 894. The number of nitrogens with zero attached hydrogens (tertiary/aromatic N) is 2. The van der Waals surface area contributed by atoms with Crippen LogP contribution in [0.25, 0.3) is 0 Å². The van der Waals surface area contributed by atoms with E-state index in [0.29, 0.717) is 5.69 Å². The molecule has 2 aliphatic carbocycles.